The Hall–Kier alpha value is -1.63. The van der Waals surface area contributed by atoms with Crippen LogP contribution in [0, 0.1) is 0 Å². The van der Waals surface area contributed by atoms with E-state index in [-0.39, 0.29) is 24.8 Å². The Morgan fingerprint density at radius 3 is 2.48 bits per heavy atom. The molecule has 0 radical (unpaired) electrons. The first-order valence-electron chi connectivity index (χ1n) is 9.48. The fraction of sp³-hybridized carbons (Fsp3) is 0.833. The number of amides is 2. The molecule has 7 nitrogen and oxygen atoms in total. The van der Waals surface area contributed by atoms with Crippen LogP contribution in [0.5, 0.6) is 0 Å². The SMILES string of the molecule is CCCCOC(=O)CC1C(=O)NCCN1C(=O)CN(CCC)CCC. The lowest BCUT2D eigenvalue weighted by Gasteiger charge is -2.36. The number of nitrogens with one attached hydrogen (secondary N) is 1. The Kier molecular flexibility index (Phi) is 10.1. The number of piperazine rings is 1. The summed E-state index contributed by atoms with van der Waals surface area (Å²) in [5.74, 6) is -0.792. The van der Waals surface area contributed by atoms with Crippen molar-refractivity contribution in [3.8, 4) is 0 Å². The molecule has 25 heavy (non-hydrogen) atoms. The van der Waals surface area contributed by atoms with Crippen LogP contribution in [0.2, 0.25) is 0 Å². The van der Waals surface area contributed by atoms with E-state index in [1.165, 1.54) is 4.90 Å². The molecule has 144 valence electrons. The first-order valence-corrected chi connectivity index (χ1v) is 9.48. The van der Waals surface area contributed by atoms with Gasteiger partial charge >= 0.3 is 5.97 Å². The van der Waals surface area contributed by atoms with E-state index in [1.807, 2.05) is 6.92 Å². The van der Waals surface area contributed by atoms with E-state index < -0.39 is 12.0 Å². The van der Waals surface area contributed by atoms with Crippen molar-refractivity contribution in [1.29, 1.82) is 0 Å². The highest BCUT2D eigenvalue weighted by Gasteiger charge is 2.35. The summed E-state index contributed by atoms with van der Waals surface area (Å²) in [4.78, 5) is 40.5. The van der Waals surface area contributed by atoms with Gasteiger partial charge in [0.25, 0.3) is 0 Å². The fourth-order valence-electron chi connectivity index (χ4n) is 2.95. The van der Waals surface area contributed by atoms with Crippen LogP contribution in [0.3, 0.4) is 0 Å². The van der Waals surface area contributed by atoms with Gasteiger partial charge in [-0.3, -0.25) is 19.3 Å². The number of carbonyl (C=O) groups excluding carboxylic acids is 3. The molecular weight excluding hydrogens is 322 g/mol. The van der Waals surface area contributed by atoms with Gasteiger partial charge in [-0.05, 0) is 32.4 Å². The summed E-state index contributed by atoms with van der Waals surface area (Å²) in [7, 11) is 0. The molecule has 2 amide bonds. The maximum absolute atomic E-state index is 12.7. The Morgan fingerprint density at radius 2 is 1.88 bits per heavy atom. The Labute approximate surface area is 151 Å². The van der Waals surface area contributed by atoms with Crippen molar-refractivity contribution in [2.75, 3.05) is 39.3 Å². The van der Waals surface area contributed by atoms with Gasteiger partial charge < -0.3 is 15.0 Å². The third-order valence-electron chi connectivity index (χ3n) is 4.21. The highest BCUT2D eigenvalue weighted by atomic mass is 16.5. The van der Waals surface area contributed by atoms with Crippen LogP contribution in [0.1, 0.15) is 52.9 Å². The number of hydrogen-bond acceptors (Lipinski definition) is 5. The highest BCUT2D eigenvalue weighted by molar-refractivity contribution is 5.92. The van der Waals surface area contributed by atoms with Crippen molar-refractivity contribution >= 4 is 17.8 Å². The second kappa shape index (κ2) is 11.8. The molecule has 1 N–H and O–H groups in total. The van der Waals surface area contributed by atoms with Gasteiger partial charge in [0.15, 0.2) is 0 Å². The zero-order valence-electron chi connectivity index (χ0n) is 15.9. The lowest BCUT2D eigenvalue weighted by molar-refractivity contribution is -0.152. The van der Waals surface area contributed by atoms with E-state index >= 15 is 0 Å². The maximum atomic E-state index is 12.7. The number of ether oxygens (including phenoxy) is 1. The predicted molar refractivity (Wildman–Crippen MR) is 96.0 cm³/mol. The van der Waals surface area contributed by atoms with Gasteiger partial charge in [-0.15, -0.1) is 0 Å². The second-order valence-electron chi connectivity index (χ2n) is 6.45. The van der Waals surface area contributed by atoms with E-state index in [1.54, 1.807) is 0 Å². The molecule has 0 spiro atoms. The summed E-state index contributed by atoms with van der Waals surface area (Å²) < 4.78 is 5.15. The summed E-state index contributed by atoms with van der Waals surface area (Å²) in [5, 5.41) is 2.74. The molecule has 0 aromatic heterocycles. The molecule has 0 aliphatic carbocycles. The van der Waals surface area contributed by atoms with E-state index in [0.29, 0.717) is 19.7 Å². The third-order valence-corrected chi connectivity index (χ3v) is 4.21. The summed E-state index contributed by atoms with van der Waals surface area (Å²) in [5.41, 5.74) is 0. The summed E-state index contributed by atoms with van der Waals surface area (Å²) >= 11 is 0. The minimum atomic E-state index is -0.763. The largest absolute Gasteiger partial charge is 0.466 e. The van der Waals surface area contributed by atoms with Crippen LogP contribution in [0.25, 0.3) is 0 Å². The Bertz CT molecular complexity index is 436. The van der Waals surface area contributed by atoms with E-state index in [9.17, 15) is 14.4 Å². The normalized spacial score (nSPS) is 17.5. The van der Waals surface area contributed by atoms with E-state index in [4.69, 9.17) is 4.74 Å². The monoisotopic (exact) mass is 355 g/mol. The van der Waals surface area contributed by atoms with Crippen molar-refractivity contribution in [1.82, 2.24) is 15.1 Å². The van der Waals surface area contributed by atoms with Gasteiger partial charge in [-0.1, -0.05) is 27.2 Å². The third kappa shape index (κ3) is 7.42. The van der Waals surface area contributed by atoms with Crippen LogP contribution in [0.4, 0.5) is 0 Å². The van der Waals surface area contributed by atoms with Gasteiger partial charge in [-0.25, -0.2) is 0 Å². The van der Waals surface area contributed by atoms with Crippen LogP contribution < -0.4 is 5.32 Å². The molecule has 1 aliphatic heterocycles. The molecule has 0 aromatic carbocycles. The minimum Gasteiger partial charge on any atom is -0.466 e. The summed E-state index contributed by atoms with van der Waals surface area (Å²) in [6.45, 7) is 9.38. The maximum Gasteiger partial charge on any atom is 0.308 e. The van der Waals surface area contributed by atoms with Gasteiger partial charge in [0.1, 0.15) is 6.04 Å². The molecule has 1 fully saturated rings. The van der Waals surface area contributed by atoms with Crippen LogP contribution in [0.15, 0.2) is 0 Å². The highest BCUT2D eigenvalue weighted by Crippen LogP contribution is 2.12. The molecular formula is C18H33N3O4. The minimum absolute atomic E-state index is 0.0805. The molecule has 1 rings (SSSR count). The van der Waals surface area contributed by atoms with Crippen LogP contribution in [-0.2, 0) is 19.1 Å². The topological polar surface area (TPSA) is 79.0 Å². The van der Waals surface area contributed by atoms with E-state index in [2.05, 4.69) is 24.1 Å². The average Bonchev–Trinajstić information content (AvgIpc) is 2.57. The first-order chi connectivity index (χ1) is 12.0. The van der Waals surface area contributed by atoms with Crippen molar-refractivity contribution in [3.05, 3.63) is 0 Å². The number of rotatable bonds is 11. The number of hydrogen-bond donors (Lipinski definition) is 1. The molecule has 0 saturated carbocycles. The second-order valence-corrected chi connectivity index (χ2v) is 6.45. The van der Waals surface area contributed by atoms with Gasteiger partial charge in [0.2, 0.25) is 11.8 Å². The zero-order valence-corrected chi connectivity index (χ0v) is 15.9. The number of esters is 1. The Morgan fingerprint density at radius 1 is 1.20 bits per heavy atom. The zero-order chi connectivity index (χ0) is 18.7. The van der Waals surface area contributed by atoms with Crippen molar-refractivity contribution < 1.29 is 19.1 Å². The molecule has 1 atom stereocenters. The van der Waals surface area contributed by atoms with E-state index in [0.717, 1.165) is 38.8 Å². The molecule has 0 aromatic rings. The van der Waals surface area contributed by atoms with Crippen LogP contribution in [-0.4, -0.2) is 73.0 Å². The lowest BCUT2D eigenvalue weighted by Crippen LogP contribution is -2.59. The molecule has 1 heterocycles. The number of nitrogens with zero attached hydrogens (tertiary/aromatic N) is 2. The van der Waals surface area contributed by atoms with Crippen LogP contribution >= 0.6 is 0 Å². The smallest absolute Gasteiger partial charge is 0.308 e. The standard InChI is InChI=1S/C18H33N3O4/c1-4-7-12-25-17(23)13-15-18(24)19-8-11-21(15)16(22)14-20(9-5-2)10-6-3/h15H,4-14H2,1-3H3,(H,19,24). The first kappa shape index (κ1) is 21.4. The number of carbonyl (C=O) groups is 3. The van der Waals surface area contributed by atoms with Crippen molar-refractivity contribution in [2.24, 2.45) is 0 Å². The Balaban J connectivity index is 2.67. The fourth-order valence-corrected chi connectivity index (χ4v) is 2.95. The lowest BCUT2D eigenvalue weighted by atomic mass is 10.1. The molecule has 1 unspecified atom stereocenters. The van der Waals surface area contributed by atoms with Gasteiger partial charge in [0.05, 0.1) is 19.6 Å². The predicted octanol–water partition coefficient (Wildman–Crippen LogP) is 1.17. The van der Waals surface area contributed by atoms with Gasteiger partial charge in [-0.2, -0.15) is 0 Å². The van der Waals surface area contributed by atoms with Crippen molar-refractivity contribution in [3.63, 3.8) is 0 Å². The molecule has 7 heteroatoms. The quantitative estimate of drug-likeness (QED) is 0.445. The molecule has 1 saturated heterocycles. The molecule has 0 bridgehead atoms. The molecule has 1 aliphatic rings. The van der Waals surface area contributed by atoms with Gasteiger partial charge in [0, 0.05) is 13.1 Å². The van der Waals surface area contributed by atoms with Crippen molar-refractivity contribution in [2.45, 2.75) is 58.9 Å². The number of unbranched alkanes of at least 4 members (excludes halogenated alkanes) is 1. The summed E-state index contributed by atoms with van der Waals surface area (Å²) in [6.07, 6.45) is 3.60. The summed E-state index contributed by atoms with van der Waals surface area (Å²) in [6, 6.07) is -0.763. The average molecular weight is 355 g/mol.